The molecule has 36 heavy (non-hydrogen) atoms. The Balaban J connectivity index is 2.18. The van der Waals surface area contributed by atoms with Crippen molar-refractivity contribution < 1.29 is 34.2 Å². The van der Waals surface area contributed by atoms with Gasteiger partial charge in [0.2, 0.25) is 17.7 Å². The van der Waals surface area contributed by atoms with E-state index in [2.05, 4.69) is 20.9 Å². The number of benzene rings is 1. The molecule has 0 aliphatic heterocycles. The highest BCUT2D eigenvalue weighted by Gasteiger charge is 2.30. The SMILES string of the molecule is CC(C)CC(N)C(=O)NC(Cc1c[nH]c2ccccc12)C(=O)NC(C)C(=O)NC(CC(=O)O)C(=O)O. The van der Waals surface area contributed by atoms with E-state index >= 15 is 0 Å². The van der Waals surface area contributed by atoms with Gasteiger partial charge in [-0.3, -0.25) is 19.2 Å². The summed E-state index contributed by atoms with van der Waals surface area (Å²) >= 11 is 0. The van der Waals surface area contributed by atoms with Crippen LogP contribution in [0.5, 0.6) is 0 Å². The zero-order chi connectivity index (χ0) is 27.0. The average molecular weight is 504 g/mol. The predicted molar refractivity (Wildman–Crippen MR) is 131 cm³/mol. The number of nitrogens with two attached hydrogens (primary N) is 1. The Morgan fingerprint density at radius 3 is 2.17 bits per heavy atom. The number of hydrogen-bond acceptors (Lipinski definition) is 6. The molecular weight excluding hydrogens is 470 g/mol. The number of hydrogen-bond donors (Lipinski definition) is 7. The Bertz CT molecular complexity index is 1110. The third kappa shape index (κ3) is 8.08. The molecule has 12 heteroatoms. The van der Waals surface area contributed by atoms with Crippen LogP contribution in [-0.2, 0) is 30.4 Å². The first-order valence-electron chi connectivity index (χ1n) is 11.5. The zero-order valence-corrected chi connectivity index (χ0v) is 20.4. The fourth-order valence-corrected chi connectivity index (χ4v) is 3.67. The summed E-state index contributed by atoms with van der Waals surface area (Å²) < 4.78 is 0. The van der Waals surface area contributed by atoms with E-state index in [9.17, 15) is 24.0 Å². The highest BCUT2D eigenvalue weighted by molar-refractivity contribution is 5.95. The van der Waals surface area contributed by atoms with Crippen LogP contribution in [0.1, 0.15) is 39.2 Å². The molecule has 3 amide bonds. The third-order valence-electron chi connectivity index (χ3n) is 5.54. The number of carbonyl (C=O) groups excluding carboxylic acids is 3. The van der Waals surface area contributed by atoms with Crippen molar-refractivity contribution in [3.05, 3.63) is 36.0 Å². The molecule has 2 rings (SSSR count). The van der Waals surface area contributed by atoms with Crippen molar-refractivity contribution in [1.29, 1.82) is 0 Å². The summed E-state index contributed by atoms with van der Waals surface area (Å²) in [5.74, 6) is -4.85. The summed E-state index contributed by atoms with van der Waals surface area (Å²) in [6.45, 7) is 5.15. The number of para-hydroxylation sites is 1. The zero-order valence-electron chi connectivity index (χ0n) is 20.4. The van der Waals surface area contributed by atoms with Crippen molar-refractivity contribution in [3.63, 3.8) is 0 Å². The smallest absolute Gasteiger partial charge is 0.326 e. The first-order chi connectivity index (χ1) is 16.9. The quantitative estimate of drug-likeness (QED) is 0.199. The number of carboxylic acid groups (broad SMARTS) is 2. The molecule has 0 saturated heterocycles. The molecule has 0 aliphatic carbocycles. The van der Waals surface area contributed by atoms with Crippen molar-refractivity contribution in [2.24, 2.45) is 11.7 Å². The molecule has 1 heterocycles. The van der Waals surface area contributed by atoms with E-state index in [0.29, 0.717) is 6.42 Å². The summed E-state index contributed by atoms with van der Waals surface area (Å²) in [6.07, 6.45) is 1.41. The van der Waals surface area contributed by atoms with Crippen LogP contribution in [0, 0.1) is 5.92 Å². The van der Waals surface area contributed by atoms with Gasteiger partial charge in [-0.2, -0.15) is 0 Å². The minimum absolute atomic E-state index is 0.0983. The van der Waals surface area contributed by atoms with Gasteiger partial charge < -0.3 is 36.9 Å². The fourth-order valence-electron chi connectivity index (χ4n) is 3.67. The first kappa shape index (κ1) is 28.3. The van der Waals surface area contributed by atoms with Crippen molar-refractivity contribution in [3.8, 4) is 0 Å². The number of carbonyl (C=O) groups is 5. The fraction of sp³-hybridized carbons (Fsp3) is 0.458. The van der Waals surface area contributed by atoms with Gasteiger partial charge in [0.25, 0.3) is 0 Å². The molecule has 4 unspecified atom stereocenters. The lowest BCUT2D eigenvalue weighted by atomic mass is 10.0. The van der Waals surface area contributed by atoms with E-state index in [4.69, 9.17) is 15.9 Å². The minimum atomic E-state index is -1.66. The molecule has 0 bridgehead atoms. The summed E-state index contributed by atoms with van der Waals surface area (Å²) in [7, 11) is 0. The standard InChI is InChI=1S/C24H33N5O7/c1-12(2)8-16(25)22(33)28-18(9-14-11-26-17-7-5-4-6-15(14)17)23(34)27-13(3)21(32)29-19(24(35)36)10-20(30)31/h4-7,11-13,16,18-19,26H,8-10,25H2,1-3H3,(H,27,34)(H,28,33)(H,29,32)(H,30,31)(H,35,36). The lowest BCUT2D eigenvalue weighted by molar-refractivity contribution is -0.147. The summed E-state index contributed by atoms with van der Waals surface area (Å²) in [5, 5.41) is 26.1. The second-order valence-corrected chi connectivity index (χ2v) is 9.09. The maximum atomic E-state index is 13.1. The highest BCUT2D eigenvalue weighted by Crippen LogP contribution is 2.19. The second-order valence-electron chi connectivity index (χ2n) is 9.09. The van der Waals surface area contributed by atoms with Crippen LogP contribution >= 0.6 is 0 Å². The van der Waals surface area contributed by atoms with Gasteiger partial charge in [0.15, 0.2) is 0 Å². The molecular formula is C24H33N5O7. The van der Waals surface area contributed by atoms with Crippen molar-refractivity contribution in [1.82, 2.24) is 20.9 Å². The van der Waals surface area contributed by atoms with Crippen LogP contribution < -0.4 is 21.7 Å². The molecule has 12 nitrogen and oxygen atoms in total. The summed E-state index contributed by atoms with van der Waals surface area (Å²) in [6, 6.07) is 2.64. The van der Waals surface area contributed by atoms with Gasteiger partial charge in [0.05, 0.1) is 12.5 Å². The molecule has 0 fully saturated rings. The lowest BCUT2D eigenvalue weighted by Gasteiger charge is -2.23. The number of fused-ring (bicyclic) bond motifs is 1. The van der Waals surface area contributed by atoms with Gasteiger partial charge in [-0.25, -0.2) is 4.79 Å². The van der Waals surface area contributed by atoms with Crippen LogP contribution in [0.25, 0.3) is 10.9 Å². The number of H-pyrrole nitrogens is 1. The van der Waals surface area contributed by atoms with Gasteiger partial charge in [-0.15, -0.1) is 0 Å². The number of aromatic nitrogens is 1. The number of carboxylic acids is 2. The van der Waals surface area contributed by atoms with E-state index < -0.39 is 60.2 Å². The summed E-state index contributed by atoms with van der Waals surface area (Å²) in [4.78, 5) is 63.5. The Labute approximate surface area is 208 Å². The second kappa shape index (κ2) is 12.7. The van der Waals surface area contributed by atoms with E-state index in [1.165, 1.54) is 6.92 Å². The molecule has 2 aromatic rings. The number of amides is 3. The largest absolute Gasteiger partial charge is 0.481 e. The van der Waals surface area contributed by atoms with Crippen molar-refractivity contribution in [2.45, 2.75) is 64.2 Å². The van der Waals surface area contributed by atoms with E-state index in [-0.39, 0.29) is 12.3 Å². The molecule has 0 aliphatic rings. The van der Waals surface area contributed by atoms with Crippen LogP contribution in [0.2, 0.25) is 0 Å². The average Bonchev–Trinajstić information content (AvgIpc) is 3.19. The Kier molecular flexibility index (Phi) is 9.97. The Hall–Kier alpha value is -3.93. The Morgan fingerprint density at radius 2 is 1.56 bits per heavy atom. The molecule has 0 spiro atoms. The predicted octanol–water partition coefficient (Wildman–Crippen LogP) is 0.117. The van der Waals surface area contributed by atoms with E-state index in [0.717, 1.165) is 16.5 Å². The molecule has 196 valence electrons. The van der Waals surface area contributed by atoms with E-state index in [1.54, 1.807) is 6.20 Å². The minimum Gasteiger partial charge on any atom is -0.481 e. The molecule has 1 aromatic heterocycles. The van der Waals surface area contributed by atoms with Gasteiger partial charge >= 0.3 is 11.9 Å². The number of aliphatic carboxylic acids is 2. The van der Waals surface area contributed by atoms with Crippen LogP contribution in [0.15, 0.2) is 30.5 Å². The number of aromatic amines is 1. The molecule has 1 aromatic carbocycles. The summed E-state index contributed by atoms with van der Waals surface area (Å²) in [5.41, 5.74) is 7.59. The maximum Gasteiger partial charge on any atom is 0.326 e. The topological polar surface area (TPSA) is 204 Å². The van der Waals surface area contributed by atoms with Crippen LogP contribution in [0.4, 0.5) is 0 Å². The van der Waals surface area contributed by atoms with E-state index in [1.807, 2.05) is 38.1 Å². The molecule has 0 radical (unpaired) electrons. The third-order valence-corrected chi connectivity index (χ3v) is 5.54. The number of rotatable bonds is 13. The molecule has 8 N–H and O–H groups in total. The van der Waals surface area contributed by atoms with Crippen molar-refractivity contribution >= 4 is 40.6 Å². The van der Waals surface area contributed by atoms with Gasteiger partial charge in [0, 0.05) is 23.5 Å². The van der Waals surface area contributed by atoms with Crippen LogP contribution in [0.3, 0.4) is 0 Å². The highest BCUT2D eigenvalue weighted by atomic mass is 16.4. The molecule has 0 saturated carbocycles. The van der Waals surface area contributed by atoms with Gasteiger partial charge in [-0.1, -0.05) is 32.0 Å². The molecule has 4 atom stereocenters. The monoisotopic (exact) mass is 503 g/mol. The number of nitrogens with one attached hydrogen (secondary N) is 4. The lowest BCUT2D eigenvalue weighted by Crippen LogP contribution is -2.57. The van der Waals surface area contributed by atoms with Gasteiger partial charge in [0.1, 0.15) is 18.1 Å². The maximum absolute atomic E-state index is 13.1. The normalized spacial score (nSPS) is 14.5. The first-order valence-corrected chi connectivity index (χ1v) is 11.5. The van der Waals surface area contributed by atoms with Crippen molar-refractivity contribution in [2.75, 3.05) is 0 Å². The van der Waals surface area contributed by atoms with Gasteiger partial charge in [-0.05, 0) is 30.9 Å². The van der Waals surface area contributed by atoms with Crippen LogP contribution in [-0.4, -0.2) is 69.0 Å². The Morgan fingerprint density at radius 1 is 0.917 bits per heavy atom.